The van der Waals surface area contributed by atoms with E-state index < -0.39 is 15.3 Å². The van der Waals surface area contributed by atoms with Gasteiger partial charge in [-0.1, -0.05) is 0 Å². The minimum Gasteiger partial charge on any atom is -0.382 e. The molecule has 0 fully saturated rings. The maximum atomic E-state index is 11.1. The van der Waals surface area contributed by atoms with Gasteiger partial charge in [-0.25, -0.2) is 0 Å². The van der Waals surface area contributed by atoms with Crippen LogP contribution < -0.4 is 4.18 Å². The first-order valence-electron chi connectivity index (χ1n) is 4.41. The number of hydrogen-bond donors (Lipinski definition) is 0. The molecule has 0 amide bonds. The number of aryl methyl sites for hydroxylation is 2. The third-order valence-corrected chi connectivity index (χ3v) is 3.77. The van der Waals surface area contributed by atoms with Crippen LogP contribution in [0.2, 0.25) is 0 Å². The van der Waals surface area contributed by atoms with Gasteiger partial charge in [0.15, 0.2) is 5.21 Å². The van der Waals surface area contributed by atoms with E-state index in [1.54, 1.807) is 12.1 Å². The molecule has 0 aliphatic rings. The number of rotatable bonds is 3. The van der Waals surface area contributed by atoms with Crippen molar-refractivity contribution in [1.29, 1.82) is 0 Å². The van der Waals surface area contributed by atoms with E-state index in [4.69, 9.17) is 15.8 Å². The second kappa shape index (κ2) is 4.41. The summed E-state index contributed by atoms with van der Waals surface area (Å²) < 4.78 is 27.1. The van der Waals surface area contributed by atoms with Gasteiger partial charge < -0.3 is 4.18 Å². The lowest BCUT2D eigenvalue weighted by Crippen LogP contribution is -2.10. The summed E-state index contributed by atoms with van der Waals surface area (Å²) in [5.41, 5.74) is 3.12. The van der Waals surface area contributed by atoms with Gasteiger partial charge in [0, 0.05) is 0 Å². The predicted octanol–water partition coefficient (Wildman–Crippen LogP) is 2.52. The molecule has 5 heteroatoms. The van der Waals surface area contributed by atoms with E-state index in [0.29, 0.717) is 5.75 Å². The van der Waals surface area contributed by atoms with Crippen LogP contribution in [0.15, 0.2) is 12.1 Å². The molecule has 0 atom stereocenters. The van der Waals surface area contributed by atoms with E-state index in [1.807, 2.05) is 20.8 Å². The van der Waals surface area contributed by atoms with Gasteiger partial charge in [0.2, 0.25) is 0 Å². The van der Waals surface area contributed by atoms with Crippen molar-refractivity contribution in [2.75, 3.05) is 5.21 Å². The maximum absolute atomic E-state index is 11.1. The number of alkyl halides is 1. The van der Waals surface area contributed by atoms with Crippen molar-refractivity contribution in [2.24, 2.45) is 0 Å². The van der Waals surface area contributed by atoms with E-state index >= 15 is 0 Å². The van der Waals surface area contributed by atoms with Crippen LogP contribution >= 0.6 is 11.6 Å². The summed E-state index contributed by atoms with van der Waals surface area (Å²) in [4.78, 5) is 0. The van der Waals surface area contributed by atoms with E-state index in [0.717, 1.165) is 16.7 Å². The predicted molar refractivity (Wildman–Crippen MR) is 60.9 cm³/mol. The lowest BCUT2D eigenvalue weighted by molar-refractivity contribution is 0.491. The lowest BCUT2D eigenvalue weighted by Gasteiger charge is -2.09. The fourth-order valence-electron chi connectivity index (χ4n) is 1.21. The normalized spacial score (nSPS) is 11.5. The molecule has 0 spiro atoms. The van der Waals surface area contributed by atoms with Crippen molar-refractivity contribution in [1.82, 2.24) is 0 Å². The fourth-order valence-corrected chi connectivity index (χ4v) is 1.78. The number of halogens is 1. The van der Waals surface area contributed by atoms with Gasteiger partial charge in [0.05, 0.1) is 0 Å². The third kappa shape index (κ3) is 3.11. The molecule has 1 rings (SSSR count). The molecule has 0 bridgehead atoms. The molecule has 0 aliphatic carbocycles. The fraction of sp³-hybridized carbons (Fsp3) is 0.400. The minimum absolute atomic E-state index is 0.316. The zero-order valence-electron chi connectivity index (χ0n) is 8.87. The van der Waals surface area contributed by atoms with Crippen LogP contribution in [0.3, 0.4) is 0 Å². The van der Waals surface area contributed by atoms with Crippen molar-refractivity contribution >= 4 is 21.7 Å². The van der Waals surface area contributed by atoms with Gasteiger partial charge in [0.25, 0.3) is 0 Å². The molecule has 0 unspecified atom stereocenters. The van der Waals surface area contributed by atoms with Gasteiger partial charge >= 0.3 is 10.1 Å². The molecule has 15 heavy (non-hydrogen) atoms. The summed E-state index contributed by atoms with van der Waals surface area (Å²) in [5.74, 6) is 0.316. The van der Waals surface area contributed by atoms with Crippen molar-refractivity contribution in [3.05, 3.63) is 28.8 Å². The molecule has 3 nitrogen and oxygen atoms in total. The molecule has 1 aromatic rings. The van der Waals surface area contributed by atoms with Crippen LogP contribution in [-0.4, -0.2) is 13.6 Å². The Hall–Kier alpha value is -0.740. The Labute approximate surface area is 95.1 Å². The summed E-state index contributed by atoms with van der Waals surface area (Å²) in [6, 6.07) is 3.37. The highest BCUT2D eigenvalue weighted by atomic mass is 35.5. The molecular formula is C10H13ClO3S. The molecule has 0 saturated heterocycles. The van der Waals surface area contributed by atoms with Crippen molar-refractivity contribution in [3.63, 3.8) is 0 Å². The topological polar surface area (TPSA) is 43.4 Å². The number of benzene rings is 1. The molecule has 84 valence electrons. The summed E-state index contributed by atoms with van der Waals surface area (Å²) >= 11 is 5.24. The van der Waals surface area contributed by atoms with Gasteiger partial charge in [-0.15, -0.1) is 11.6 Å². The van der Waals surface area contributed by atoms with Crippen molar-refractivity contribution in [2.45, 2.75) is 20.8 Å². The standard InChI is InChI=1S/C10H13ClO3S/c1-7-4-10(5-8(2)9(7)3)14-15(12,13)6-11/h4-5H,6H2,1-3H3. The summed E-state index contributed by atoms with van der Waals surface area (Å²) in [6.07, 6.45) is 0. The van der Waals surface area contributed by atoms with Gasteiger partial charge in [-0.2, -0.15) is 8.42 Å². The van der Waals surface area contributed by atoms with Crippen molar-refractivity contribution < 1.29 is 12.6 Å². The molecular weight excluding hydrogens is 236 g/mol. The Morgan fingerprint density at radius 2 is 1.67 bits per heavy atom. The van der Waals surface area contributed by atoms with Crippen LogP contribution in [0.25, 0.3) is 0 Å². The Bertz CT molecular complexity index is 443. The van der Waals surface area contributed by atoms with E-state index in [2.05, 4.69) is 0 Å². The Kier molecular flexibility index (Phi) is 3.62. The first-order chi connectivity index (χ1) is 6.85. The molecule has 0 heterocycles. The molecule has 0 aromatic heterocycles. The third-order valence-electron chi connectivity index (χ3n) is 2.26. The van der Waals surface area contributed by atoms with Crippen LogP contribution in [0.4, 0.5) is 0 Å². The smallest absolute Gasteiger partial charge is 0.323 e. The molecule has 0 N–H and O–H groups in total. The molecule has 0 radical (unpaired) electrons. The van der Waals surface area contributed by atoms with Crippen LogP contribution in [0, 0.1) is 20.8 Å². The quantitative estimate of drug-likeness (QED) is 0.610. The first-order valence-corrected chi connectivity index (χ1v) is 6.53. The zero-order valence-corrected chi connectivity index (χ0v) is 10.4. The summed E-state index contributed by atoms with van der Waals surface area (Å²) in [7, 11) is -3.65. The second-order valence-corrected chi connectivity index (χ2v) is 5.59. The maximum Gasteiger partial charge on any atom is 0.323 e. The molecule has 0 saturated carbocycles. The second-order valence-electron chi connectivity index (χ2n) is 3.43. The largest absolute Gasteiger partial charge is 0.382 e. The van der Waals surface area contributed by atoms with E-state index in [1.165, 1.54) is 0 Å². The van der Waals surface area contributed by atoms with Gasteiger partial charge in [-0.3, -0.25) is 0 Å². The highest BCUT2D eigenvalue weighted by Gasteiger charge is 2.11. The highest BCUT2D eigenvalue weighted by molar-refractivity contribution is 7.88. The Balaban J connectivity index is 3.08. The van der Waals surface area contributed by atoms with E-state index in [-0.39, 0.29) is 0 Å². The minimum atomic E-state index is -3.65. The molecule has 0 aliphatic heterocycles. The Morgan fingerprint density at radius 3 is 2.07 bits per heavy atom. The summed E-state index contributed by atoms with van der Waals surface area (Å²) in [5, 5.41) is -0.543. The average molecular weight is 249 g/mol. The van der Waals surface area contributed by atoms with Crippen LogP contribution in [-0.2, 0) is 10.1 Å². The SMILES string of the molecule is Cc1cc(OS(=O)(=O)CCl)cc(C)c1C. The van der Waals surface area contributed by atoms with Gasteiger partial charge in [-0.05, 0) is 49.6 Å². The summed E-state index contributed by atoms with van der Waals surface area (Å²) in [6.45, 7) is 5.79. The average Bonchev–Trinajstić information content (AvgIpc) is 2.13. The lowest BCUT2D eigenvalue weighted by atomic mass is 10.0. The van der Waals surface area contributed by atoms with E-state index in [9.17, 15) is 8.42 Å². The first kappa shape index (κ1) is 12.3. The van der Waals surface area contributed by atoms with Crippen LogP contribution in [0.1, 0.15) is 16.7 Å². The highest BCUT2D eigenvalue weighted by Crippen LogP contribution is 2.22. The Morgan fingerprint density at radius 1 is 1.20 bits per heavy atom. The van der Waals surface area contributed by atoms with Crippen LogP contribution in [0.5, 0.6) is 5.75 Å². The molecule has 1 aromatic carbocycles. The monoisotopic (exact) mass is 248 g/mol. The number of hydrogen-bond acceptors (Lipinski definition) is 3. The van der Waals surface area contributed by atoms with Gasteiger partial charge in [0.1, 0.15) is 5.75 Å². The van der Waals surface area contributed by atoms with Crippen molar-refractivity contribution in [3.8, 4) is 5.75 Å². The zero-order chi connectivity index (χ0) is 11.6.